The summed E-state index contributed by atoms with van der Waals surface area (Å²) < 4.78 is 5.39. The van der Waals surface area contributed by atoms with Gasteiger partial charge in [-0.2, -0.15) is 0 Å². The molecule has 1 fully saturated rings. The van der Waals surface area contributed by atoms with Crippen LogP contribution in [0.1, 0.15) is 46.8 Å². The zero-order chi connectivity index (χ0) is 29.3. The molecule has 2 heterocycles. The van der Waals surface area contributed by atoms with Crippen LogP contribution in [0.2, 0.25) is 5.02 Å². The fourth-order valence-electron chi connectivity index (χ4n) is 5.39. The average molecular weight is 586 g/mol. The number of carbonyl (C=O) groups is 2. The highest BCUT2D eigenvalue weighted by atomic mass is 35.5. The number of nitrogens with one attached hydrogen (secondary N) is 2. The Morgan fingerprint density at radius 2 is 1.71 bits per heavy atom. The van der Waals surface area contributed by atoms with Gasteiger partial charge in [0.2, 0.25) is 5.91 Å². The molecule has 1 aromatic heterocycles. The zero-order valence-corrected chi connectivity index (χ0v) is 24.2. The van der Waals surface area contributed by atoms with E-state index in [1.807, 2.05) is 53.4 Å². The second-order valence-electron chi connectivity index (χ2n) is 10.6. The first-order chi connectivity index (χ1) is 20.5. The Morgan fingerprint density at radius 1 is 1.05 bits per heavy atom. The molecule has 218 valence electrons. The molecule has 8 nitrogen and oxygen atoms in total. The van der Waals surface area contributed by atoms with E-state index in [-0.39, 0.29) is 35.5 Å². The molecule has 5 rings (SSSR count). The number of halogens is 1. The van der Waals surface area contributed by atoms with Crippen molar-refractivity contribution in [3.05, 3.63) is 113 Å². The summed E-state index contributed by atoms with van der Waals surface area (Å²) in [5, 5.41) is 11.0. The Bertz CT molecular complexity index is 1410. The van der Waals surface area contributed by atoms with E-state index in [0.29, 0.717) is 49.8 Å². The van der Waals surface area contributed by atoms with Crippen molar-refractivity contribution in [2.24, 2.45) is 5.73 Å². The highest BCUT2D eigenvalue weighted by molar-refractivity contribution is 6.30. The van der Waals surface area contributed by atoms with Gasteiger partial charge in [0.25, 0.3) is 5.91 Å². The molecule has 9 heteroatoms. The number of nitrogens with zero attached hydrogens (tertiary/aromatic N) is 2. The summed E-state index contributed by atoms with van der Waals surface area (Å²) in [7, 11) is 0. The Hall–Kier alpha value is -3.98. The van der Waals surface area contributed by atoms with Crippen LogP contribution in [0.25, 0.3) is 11.3 Å². The van der Waals surface area contributed by atoms with E-state index in [0.717, 1.165) is 12.0 Å². The third-order valence-electron chi connectivity index (χ3n) is 7.68. The van der Waals surface area contributed by atoms with E-state index in [1.165, 1.54) is 11.1 Å². The molecule has 2 atom stereocenters. The van der Waals surface area contributed by atoms with Crippen LogP contribution in [0.4, 0.5) is 0 Å². The largest absolute Gasteiger partial charge is 0.355 e. The van der Waals surface area contributed by atoms with Gasteiger partial charge in [-0.3, -0.25) is 9.59 Å². The van der Waals surface area contributed by atoms with Crippen LogP contribution < -0.4 is 16.4 Å². The van der Waals surface area contributed by atoms with Gasteiger partial charge in [0.05, 0.1) is 6.04 Å². The molecule has 0 radical (unpaired) electrons. The number of rotatable bonds is 11. The topological polar surface area (TPSA) is 113 Å². The van der Waals surface area contributed by atoms with Crippen molar-refractivity contribution in [1.82, 2.24) is 20.7 Å². The molecule has 4 aromatic rings. The standard InChI is InChI=1S/C33H36ClN5O3/c34-26-15-13-25(14-16-26)31-20-30(38-42-31)32(40)36-21-27-17-19-39(33(41)29(37-27)12-7-18-35)22-28(23-8-3-1-4-9-23)24-10-5-2-6-11-24/h1-6,8-11,13-16,20,27-29,37H,7,12,17-19,21-22,35H2,(H,36,40)/t27-,29-/m0/s1. The van der Waals surface area contributed by atoms with E-state index in [2.05, 4.69) is 40.1 Å². The van der Waals surface area contributed by atoms with E-state index in [9.17, 15) is 9.59 Å². The quantitative estimate of drug-likeness (QED) is 0.232. The number of carbonyl (C=O) groups excluding carboxylic acids is 2. The summed E-state index contributed by atoms with van der Waals surface area (Å²) in [5.41, 5.74) is 9.12. The zero-order valence-electron chi connectivity index (χ0n) is 23.4. The first-order valence-corrected chi connectivity index (χ1v) is 14.7. The summed E-state index contributed by atoms with van der Waals surface area (Å²) in [6, 6.07) is 28.9. The molecule has 1 aliphatic rings. The van der Waals surface area contributed by atoms with Gasteiger partial charge in [-0.15, -0.1) is 0 Å². The van der Waals surface area contributed by atoms with E-state index in [1.54, 1.807) is 18.2 Å². The second-order valence-corrected chi connectivity index (χ2v) is 11.0. The van der Waals surface area contributed by atoms with Gasteiger partial charge in [-0.1, -0.05) is 77.4 Å². The van der Waals surface area contributed by atoms with Crippen molar-refractivity contribution in [2.75, 3.05) is 26.2 Å². The van der Waals surface area contributed by atoms with Gasteiger partial charge >= 0.3 is 0 Å². The number of amides is 2. The minimum Gasteiger partial charge on any atom is -0.355 e. The smallest absolute Gasteiger partial charge is 0.273 e. The van der Waals surface area contributed by atoms with Crippen molar-refractivity contribution in [3.8, 4) is 11.3 Å². The molecule has 2 amide bonds. The Balaban J connectivity index is 1.27. The summed E-state index contributed by atoms with van der Waals surface area (Å²) in [4.78, 5) is 28.7. The monoisotopic (exact) mass is 585 g/mol. The molecule has 1 saturated heterocycles. The van der Waals surface area contributed by atoms with Crippen molar-refractivity contribution >= 4 is 23.4 Å². The highest BCUT2D eigenvalue weighted by Crippen LogP contribution is 2.27. The molecule has 4 N–H and O–H groups in total. The summed E-state index contributed by atoms with van der Waals surface area (Å²) in [5.74, 6) is 0.266. The number of hydrogen-bond acceptors (Lipinski definition) is 6. The normalized spacial score (nSPS) is 17.3. The molecular weight excluding hydrogens is 550 g/mol. The van der Waals surface area contributed by atoms with Crippen molar-refractivity contribution in [3.63, 3.8) is 0 Å². The third-order valence-corrected chi connectivity index (χ3v) is 7.93. The fraction of sp³-hybridized carbons (Fsp3) is 0.303. The molecule has 42 heavy (non-hydrogen) atoms. The second kappa shape index (κ2) is 14.3. The van der Waals surface area contributed by atoms with E-state index < -0.39 is 0 Å². The molecule has 1 aliphatic heterocycles. The summed E-state index contributed by atoms with van der Waals surface area (Å²) in [6.45, 7) is 2.00. The van der Waals surface area contributed by atoms with Crippen LogP contribution in [-0.4, -0.2) is 60.1 Å². The van der Waals surface area contributed by atoms with Crippen LogP contribution in [0.5, 0.6) is 0 Å². The summed E-state index contributed by atoms with van der Waals surface area (Å²) >= 11 is 5.97. The van der Waals surface area contributed by atoms with Gasteiger partial charge in [0.1, 0.15) is 0 Å². The first-order valence-electron chi connectivity index (χ1n) is 14.4. The van der Waals surface area contributed by atoms with Crippen molar-refractivity contribution in [1.29, 1.82) is 0 Å². The van der Waals surface area contributed by atoms with Gasteiger partial charge in [-0.25, -0.2) is 0 Å². The lowest BCUT2D eigenvalue weighted by Gasteiger charge is -2.29. The molecule has 0 bridgehead atoms. The number of hydrogen-bond donors (Lipinski definition) is 3. The van der Waals surface area contributed by atoms with Gasteiger partial charge < -0.3 is 25.8 Å². The number of aromatic nitrogens is 1. The van der Waals surface area contributed by atoms with Crippen LogP contribution in [0, 0.1) is 0 Å². The lowest BCUT2D eigenvalue weighted by Crippen LogP contribution is -2.49. The Morgan fingerprint density at radius 3 is 2.36 bits per heavy atom. The van der Waals surface area contributed by atoms with Crippen molar-refractivity contribution in [2.45, 2.75) is 37.3 Å². The van der Waals surface area contributed by atoms with Crippen LogP contribution in [0.15, 0.2) is 95.5 Å². The van der Waals surface area contributed by atoms with Gasteiger partial charge in [-0.05, 0) is 61.2 Å². The SMILES string of the molecule is NCCC[C@@H]1N[C@H](CNC(=O)c2cc(-c3ccc(Cl)cc3)on2)CCN(CC(c2ccccc2)c2ccccc2)C1=O. The van der Waals surface area contributed by atoms with Crippen LogP contribution >= 0.6 is 11.6 Å². The predicted molar refractivity (Wildman–Crippen MR) is 164 cm³/mol. The van der Waals surface area contributed by atoms with Gasteiger partial charge in [0, 0.05) is 48.2 Å². The molecule has 0 unspecified atom stereocenters. The average Bonchev–Trinajstić information content (AvgIpc) is 3.47. The molecular formula is C33H36ClN5O3. The lowest BCUT2D eigenvalue weighted by molar-refractivity contribution is -0.133. The van der Waals surface area contributed by atoms with Crippen LogP contribution in [-0.2, 0) is 4.79 Å². The number of nitrogens with two attached hydrogens (primary N) is 1. The number of benzene rings is 3. The van der Waals surface area contributed by atoms with E-state index in [4.69, 9.17) is 21.9 Å². The minimum atomic E-state index is -0.381. The maximum atomic E-state index is 13.8. The Labute approximate surface area is 251 Å². The van der Waals surface area contributed by atoms with E-state index >= 15 is 0 Å². The molecule has 3 aromatic carbocycles. The maximum Gasteiger partial charge on any atom is 0.273 e. The van der Waals surface area contributed by atoms with Gasteiger partial charge in [0.15, 0.2) is 11.5 Å². The summed E-state index contributed by atoms with van der Waals surface area (Å²) in [6.07, 6.45) is 2.05. The maximum absolute atomic E-state index is 13.8. The first kappa shape index (κ1) is 29.5. The lowest BCUT2D eigenvalue weighted by atomic mass is 9.90. The Kier molecular flexibility index (Phi) is 10.0. The molecule has 0 spiro atoms. The minimum absolute atomic E-state index is 0.0461. The predicted octanol–water partition coefficient (Wildman–Crippen LogP) is 4.85. The molecule has 0 saturated carbocycles. The highest BCUT2D eigenvalue weighted by Gasteiger charge is 2.32. The fourth-order valence-corrected chi connectivity index (χ4v) is 5.51. The third kappa shape index (κ3) is 7.45. The molecule has 0 aliphatic carbocycles. The van der Waals surface area contributed by atoms with Crippen molar-refractivity contribution < 1.29 is 14.1 Å². The van der Waals surface area contributed by atoms with Crippen LogP contribution in [0.3, 0.4) is 0 Å².